The van der Waals surface area contributed by atoms with E-state index in [0.29, 0.717) is 21.1 Å². The summed E-state index contributed by atoms with van der Waals surface area (Å²) >= 11 is 12.3. The molecule has 0 aliphatic heterocycles. The summed E-state index contributed by atoms with van der Waals surface area (Å²) in [7, 11) is 0. The highest BCUT2D eigenvalue weighted by Gasteiger charge is 2.25. The fourth-order valence-electron chi connectivity index (χ4n) is 5.09. The molecule has 6 rings (SSSR count). The third kappa shape index (κ3) is 4.97. The van der Waals surface area contributed by atoms with Crippen molar-refractivity contribution >= 4 is 63.5 Å². The number of halogens is 2. The van der Waals surface area contributed by atoms with E-state index in [1.54, 1.807) is 30.3 Å². The highest BCUT2D eigenvalue weighted by atomic mass is 35.5. The number of rotatable bonds is 5. The number of hydrogen-bond acceptors (Lipinski definition) is 5. The van der Waals surface area contributed by atoms with Crippen LogP contribution in [-0.2, 0) is 6.42 Å². The van der Waals surface area contributed by atoms with E-state index >= 15 is 0 Å². The second-order valence-electron chi connectivity index (χ2n) is 9.48. The van der Waals surface area contributed by atoms with Gasteiger partial charge in [0.2, 0.25) is 5.95 Å². The zero-order valence-corrected chi connectivity index (χ0v) is 22.6. The number of allylic oxidation sites excluding steroid dienone is 1. The number of carbonyl (C=O) groups is 1. The number of nitrogens with zero attached hydrogens (tertiary/aromatic N) is 2. The maximum atomic E-state index is 13.6. The predicted octanol–water partition coefficient (Wildman–Crippen LogP) is 7.61. The Labute approximate surface area is 239 Å². The van der Waals surface area contributed by atoms with E-state index in [1.807, 2.05) is 36.4 Å². The van der Waals surface area contributed by atoms with Gasteiger partial charge in [-0.3, -0.25) is 9.78 Å². The molecule has 7 nitrogen and oxygen atoms in total. The van der Waals surface area contributed by atoms with Crippen LogP contribution in [0.15, 0.2) is 77.6 Å². The van der Waals surface area contributed by atoms with E-state index in [4.69, 9.17) is 28.2 Å². The van der Waals surface area contributed by atoms with Crippen LogP contribution in [-0.4, -0.2) is 26.0 Å². The van der Waals surface area contributed by atoms with Gasteiger partial charge in [-0.25, -0.2) is 9.78 Å². The lowest BCUT2D eigenvalue weighted by atomic mass is 9.84. The lowest BCUT2D eigenvalue weighted by Gasteiger charge is -2.23. The molecule has 0 radical (unpaired) electrons. The quantitative estimate of drug-likeness (QED) is 0.201. The summed E-state index contributed by atoms with van der Waals surface area (Å²) in [5.41, 5.74) is 5.63. The minimum atomic E-state index is -1.10. The van der Waals surface area contributed by atoms with Gasteiger partial charge in [0.1, 0.15) is 0 Å². The van der Waals surface area contributed by atoms with Crippen LogP contribution in [0.3, 0.4) is 0 Å². The fraction of sp³-hybridized carbons (Fsp3) is 0.0968. The van der Waals surface area contributed by atoms with Crippen LogP contribution in [0.2, 0.25) is 10.0 Å². The number of carboxylic acids is 1. The molecule has 2 aromatic heterocycles. The van der Waals surface area contributed by atoms with Gasteiger partial charge >= 0.3 is 5.97 Å². The summed E-state index contributed by atoms with van der Waals surface area (Å²) < 4.78 is 0. The molecule has 1 aliphatic carbocycles. The van der Waals surface area contributed by atoms with Crippen LogP contribution in [0.5, 0.6) is 0 Å². The van der Waals surface area contributed by atoms with Crippen molar-refractivity contribution in [3.05, 3.63) is 116 Å². The number of aromatic amines is 1. The molecule has 0 spiro atoms. The molecule has 198 valence electrons. The number of H-pyrrole nitrogens is 1. The number of aromatic nitrogens is 3. The minimum absolute atomic E-state index is 0.0543. The largest absolute Gasteiger partial charge is 0.478 e. The normalized spacial score (nSPS) is 13.8. The maximum absolute atomic E-state index is 13.6. The van der Waals surface area contributed by atoms with Crippen LogP contribution in [0.4, 0.5) is 11.6 Å². The topological polar surface area (TPSA) is 108 Å². The van der Waals surface area contributed by atoms with E-state index in [0.717, 1.165) is 52.8 Å². The number of fused-ring (bicyclic) bond motifs is 2. The lowest BCUT2D eigenvalue weighted by Crippen LogP contribution is -2.17. The Morgan fingerprint density at radius 1 is 0.925 bits per heavy atom. The number of pyridine rings is 1. The SMILES string of the molecule is O=C(O)c1ccccc1Nc1nc2nc3c(c(-c4ccc(Cl)cc4)c2c(=O)[nH]1)CCC/C3=C\c1ccc(Cl)cc1. The highest BCUT2D eigenvalue weighted by molar-refractivity contribution is 6.31. The average molecular weight is 569 g/mol. The predicted molar refractivity (Wildman–Crippen MR) is 160 cm³/mol. The zero-order chi connectivity index (χ0) is 27.8. The van der Waals surface area contributed by atoms with Crippen molar-refractivity contribution in [2.75, 3.05) is 5.32 Å². The van der Waals surface area contributed by atoms with Gasteiger partial charge < -0.3 is 10.4 Å². The standard InChI is InChI=1S/C31H22Cl2N4O3/c32-20-12-8-17(9-13-20)16-19-4-3-6-23-25(18-10-14-21(33)15-11-18)26-28(35-27(19)23)36-31(37-29(26)38)34-24-7-2-1-5-22(24)30(39)40/h1-2,5,7-16H,3-4,6H2,(H,39,40)(H2,34,35,36,37,38)/b19-16+. The first-order valence-electron chi connectivity index (χ1n) is 12.7. The Kier molecular flexibility index (Phi) is 6.84. The van der Waals surface area contributed by atoms with Gasteiger partial charge in [-0.2, -0.15) is 4.98 Å². The van der Waals surface area contributed by atoms with Crippen LogP contribution in [0.25, 0.3) is 33.8 Å². The van der Waals surface area contributed by atoms with Crippen LogP contribution in [0, 0.1) is 0 Å². The van der Waals surface area contributed by atoms with Crippen molar-refractivity contribution in [3.8, 4) is 11.1 Å². The molecule has 0 atom stereocenters. The van der Waals surface area contributed by atoms with Gasteiger partial charge in [-0.1, -0.05) is 59.6 Å². The lowest BCUT2D eigenvalue weighted by molar-refractivity contribution is 0.0698. The maximum Gasteiger partial charge on any atom is 0.337 e. The van der Waals surface area contributed by atoms with Crippen molar-refractivity contribution in [3.63, 3.8) is 0 Å². The van der Waals surface area contributed by atoms with Gasteiger partial charge in [-0.15, -0.1) is 0 Å². The summed E-state index contributed by atoms with van der Waals surface area (Å²) in [5.74, 6) is -1.000. The second kappa shape index (κ2) is 10.6. The summed E-state index contributed by atoms with van der Waals surface area (Å²) in [6.45, 7) is 0. The van der Waals surface area contributed by atoms with E-state index in [2.05, 4.69) is 21.4 Å². The molecule has 3 aromatic carbocycles. The van der Waals surface area contributed by atoms with E-state index in [-0.39, 0.29) is 22.7 Å². The number of hydrogen-bond donors (Lipinski definition) is 3. The Balaban J connectivity index is 1.58. The third-order valence-corrected chi connectivity index (χ3v) is 7.39. The Morgan fingerprint density at radius 3 is 2.35 bits per heavy atom. The number of anilines is 2. The molecule has 0 bridgehead atoms. The van der Waals surface area contributed by atoms with Crippen molar-refractivity contribution in [1.29, 1.82) is 0 Å². The van der Waals surface area contributed by atoms with Crippen LogP contribution >= 0.6 is 23.2 Å². The number of para-hydroxylation sites is 1. The third-order valence-electron chi connectivity index (χ3n) is 6.89. The fourth-order valence-corrected chi connectivity index (χ4v) is 5.35. The molecule has 0 fully saturated rings. The van der Waals surface area contributed by atoms with Gasteiger partial charge in [0.05, 0.1) is 22.3 Å². The molecule has 3 N–H and O–H groups in total. The van der Waals surface area contributed by atoms with Crippen molar-refractivity contribution in [1.82, 2.24) is 15.0 Å². The minimum Gasteiger partial charge on any atom is -0.478 e. The van der Waals surface area contributed by atoms with Gasteiger partial charge in [-0.05, 0) is 84.0 Å². The molecule has 0 amide bonds. The molecule has 40 heavy (non-hydrogen) atoms. The first-order valence-corrected chi connectivity index (χ1v) is 13.4. The molecule has 2 heterocycles. The summed E-state index contributed by atoms with van der Waals surface area (Å²) in [5, 5.41) is 14.2. The summed E-state index contributed by atoms with van der Waals surface area (Å²) in [6, 6.07) is 21.4. The monoisotopic (exact) mass is 568 g/mol. The Hall–Kier alpha value is -4.46. The smallest absolute Gasteiger partial charge is 0.337 e. The van der Waals surface area contributed by atoms with Crippen LogP contribution in [0.1, 0.15) is 40.0 Å². The number of nitrogens with one attached hydrogen (secondary N) is 2. The van der Waals surface area contributed by atoms with E-state index < -0.39 is 5.97 Å². The molecule has 9 heteroatoms. The summed E-state index contributed by atoms with van der Waals surface area (Å²) in [6.07, 6.45) is 4.56. The Bertz CT molecular complexity index is 1860. The molecule has 0 saturated carbocycles. The van der Waals surface area contributed by atoms with E-state index in [1.165, 1.54) is 6.07 Å². The molecule has 1 aliphatic rings. The number of carboxylic acid groups (broad SMARTS) is 1. The molecule has 0 unspecified atom stereocenters. The first-order chi connectivity index (χ1) is 19.4. The van der Waals surface area contributed by atoms with E-state index in [9.17, 15) is 14.7 Å². The molecule has 5 aromatic rings. The highest BCUT2D eigenvalue weighted by Crippen LogP contribution is 2.40. The van der Waals surface area contributed by atoms with Gasteiger partial charge in [0.15, 0.2) is 5.65 Å². The van der Waals surface area contributed by atoms with Crippen molar-refractivity contribution in [2.45, 2.75) is 19.3 Å². The van der Waals surface area contributed by atoms with Crippen LogP contribution < -0.4 is 10.9 Å². The second-order valence-corrected chi connectivity index (χ2v) is 10.4. The molecule has 0 saturated heterocycles. The average Bonchev–Trinajstić information content (AvgIpc) is 2.94. The number of aromatic carboxylic acids is 1. The first kappa shape index (κ1) is 25.8. The molecular weight excluding hydrogens is 547 g/mol. The summed E-state index contributed by atoms with van der Waals surface area (Å²) in [4.78, 5) is 37.7. The molecular formula is C31H22Cl2N4O3. The zero-order valence-electron chi connectivity index (χ0n) is 21.0. The van der Waals surface area contributed by atoms with Gasteiger partial charge in [0, 0.05) is 15.6 Å². The van der Waals surface area contributed by atoms with Gasteiger partial charge in [0.25, 0.3) is 5.56 Å². The Morgan fingerprint density at radius 2 is 1.62 bits per heavy atom. The number of benzene rings is 3. The van der Waals surface area contributed by atoms with Crippen molar-refractivity contribution < 1.29 is 9.90 Å². The van der Waals surface area contributed by atoms with Crippen molar-refractivity contribution in [2.24, 2.45) is 0 Å².